The van der Waals surface area contributed by atoms with Gasteiger partial charge in [-0.2, -0.15) is 0 Å². The standard InChI is InChI=1S/C30H37N3O4S/c1-6-24(4)31-30(35)25(5)32(20-26-13-8-7-9-14-26)29(34)21-33(28-15-11-10-12-23(28)3)38(36,37)27-18-16-22(2)17-19-27/h7-19,24-25H,6,20-21H2,1-5H3,(H,31,35)/t24-,25+/m0/s1. The number of benzene rings is 3. The number of para-hydroxylation sites is 1. The Morgan fingerprint density at radius 3 is 2.08 bits per heavy atom. The second-order valence-corrected chi connectivity index (χ2v) is 11.5. The predicted octanol–water partition coefficient (Wildman–Crippen LogP) is 4.83. The largest absolute Gasteiger partial charge is 0.352 e. The van der Waals surface area contributed by atoms with E-state index in [-0.39, 0.29) is 23.4 Å². The highest BCUT2D eigenvalue weighted by atomic mass is 32.2. The summed E-state index contributed by atoms with van der Waals surface area (Å²) in [6.45, 7) is 8.95. The summed E-state index contributed by atoms with van der Waals surface area (Å²) in [7, 11) is -4.08. The van der Waals surface area contributed by atoms with Gasteiger partial charge in [0.05, 0.1) is 10.6 Å². The zero-order chi connectivity index (χ0) is 27.9. The molecule has 3 aromatic rings. The SMILES string of the molecule is CC[C@H](C)NC(=O)[C@@H](C)N(Cc1ccccc1)C(=O)CN(c1ccccc1C)S(=O)(=O)c1ccc(C)cc1. The van der Waals surface area contributed by atoms with Gasteiger partial charge in [0.25, 0.3) is 10.0 Å². The monoisotopic (exact) mass is 535 g/mol. The summed E-state index contributed by atoms with van der Waals surface area (Å²) >= 11 is 0. The molecule has 0 aliphatic carbocycles. The van der Waals surface area contributed by atoms with E-state index in [4.69, 9.17) is 0 Å². The number of amides is 2. The Labute approximate surface area is 226 Å². The van der Waals surface area contributed by atoms with E-state index in [0.29, 0.717) is 11.3 Å². The Morgan fingerprint density at radius 2 is 1.47 bits per heavy atom. The second-order valence-electron chi connectivity index (χ2n) is 9.61. The summed E-state index contributed by atoms with van der Waals surface area (Å²) in [5, 5.41) is 2.94. The van der Waals surface area contributed by atoms with E-state index in [2.05, 4.69) is 5.32 Å². The van der Waals surface area contributed by atoms with Crippen LogP contribution in [0.1, 0.15) is 43.9 Å². The molecule has 0 saturated heterocycles. The van der Waals surface area contributed by atoms with Gasteiger partial charge in [0.15, 0.2) is 0 Å². The molecular formula is C30H37N3O4S. The molecule has 0 bridgehead atoms. The molecule has 202 valence electrons. The molecule has 0 aromatic heterocycles. The van der Waals surface area contributed by atoms with E-state index >= 15 is 0 Å². The molecule has 0 aliphatic heterocycles. The first-order chi connectivity index (χ1) is 18.0. The fourth-order valence-corrected chi connectivity index (χ4v) is 5.50. The van der Waals surface area contributed by atoms with Crippen LogP contribution < -0.4 is 9.62 Å². The lowest BCUT2D eigenvalue weighted by molar-refractivity contribution is -0.139. The predicted molar refractivity (Wildman–Crippen MR) is 151 cm³/mol. The number of hydrogen-bond acceptors (Lipinski definition) is 4. The summed E-state index contributed by atoms with van der Waals surface area (Å²) in [5.74, 6) is -0.757. The molecule has 1 N–H and O–H groups in total. The maximum atomic E-state index is 13.9. The molecule has 2 atom stereocenters. The number of rotatable bonds is 11. The van der Waals surface area contributed by atoms with Crippen molar-refractivity contribution in [1.29, 1.82) is 0 Å². The average Bonchev–Trinajstić information content (AvgIpc) is 2.91. The van der Waals surface area contributed by atoms with Gasteiger partial charge in [-0.15, -0.1) is 0 Å². The van der Waals surface area contributed by atoms with Gasteiger partial charge in [-0.1, -0.05) is 73.2 Å². The van der Waals surface area contributed by atoms with Crippen LogP contribution in [0.3, 0.4) is 0 Å². The van der Waals surface area contributed by atoms with Gasteiger partial charge in [-0.25, -0.2) is 8.42 Å². The van der Waals surface area contributed by atoms with Crippen molar-refractivity contribution in [3.8, 4) is 0 Å². The number of nitrogens with zero attached hydrogens (tertiary/aromatic N) is 2. The third kappa shape index (κ3) is 7.01. The van der Waals surface area contributed by atoms with Gasteiger partial charge in [-0.3, -0.25) is 13.9 Å². The Hall–Kier alpha value is -3.65. The lowest BCUT2D eigenvalue weighted by Crippen LogP contribution is -2.52. The number of carbonyl (C=O) groups is 2. The minimum Gasteiger partial charge on any atom is -0.352 e. The van der Waals surface area contributed by atoms with Crippen LogP contribution in [0.15, 0.2) is 83.8 Å². The Kier molecular flexibility index (Phi) is 9.69. The average molecular weight is 536 g/mol. The molecule has 8 heteroatoms. The number of anilines is 1. The van der Waals surface area contributed by atoms with Crippen molar-refractivity contribution < 1.29 is 18.0 Å². The number of aryl methyl sites for hydroxylation is 2. The molecule has 0 unspecified atom stereocenters. The van der Waals surface area contributed by atoms with Crippen LogP contribution in [0.2, 0.25) is 0 Å². The first-order valence-electron chi connectivity index (χ1n) is 12.8. The Balaban J connectivity index is 2.02. The molecule has 0 fully saturated rings. The van der Waals surface area contributed by atoms with Crippen LogP contribution in [0.5, 0.6) is 0 Å². The van der Waals surface area contributed by atoms with Gasteiger partial charge < -0.3 is 10.2 Å². The summed E-state index contributed by atoms with van der Waals surface area (Å²) in [4.78, 5) is 28.5. The molecule has 3 aromatic carbocycles. The number of hydrogen-bond donors (Lipinski definition) is 1. The van der Waals surface area contributed by atoms with Crippen molar-refractivity contribution in [2.24, 2.45) is 0 Å². The highest BCUT2D eigenvalue weighted by Crippen LogP contribution is 2.27. The van der Waals surface area contributed by atoms with E-state index < -0.39 is 28.5 Å². The number of nitrogens with one attached hydrogen (secondary N) is 1. The molecule has 3 rings (SSSR count). The molecule has 0 spiro atoms. The molecule has 38 heavy (non-hydrogen) atoms. The highest BCUT2D eigenvalue weighted by molar-refractivity contribution is 7.92. The van der Waals surface area contributed by atoms with Gasteiger partial charge in [0.1, 0.15) is 12.6 Å². The molecule has 0 saturated carbocycles. The van der Waals surface area contributed by atoms with E-state index in [1.807, 2.05) is 57.2 Å². The van der Waals surface area contributed by atoms with Crippen molar-refractivity contribution in [1.82, 2.24) is 10.2 Å². The minimum atomic E-state index is -4.08. The fraction of sp³-hybridized carbons (Fsp3) is 0.333. The van der Waals surface area contributed by atoms with Crippen LogP contribution in [0.4, 0.5) is 5.69 Å². The normalized spacial score (nSPS) is 12.9. The third-order valence-corrected chi connectivity index (χ3v) is 8.41. The van der Waals surface area contributed by atoms with Gasteiger partial charge in [0.2, 0.25) is 11.8 Å². The van der Waals surface area contributed by atoms with Crippen LogP contribution in [0, 0.1) is 13.8 Å². The van der Waals surface area contributed by atoms with E-state index in [9.17, 15) is 18.0 Å². The molecule has 0 heterocycles. The second kappa shape index (κ2) is 12.7. The summed E-state index contributed by atoms with van der Waals surface area (Å²) in [6.07, 6.45) is 0.751. The number of sulfonamides is 1. The van der Waals surface area contributed by atoms with Crippen molar-refractivity contribution in [2.45, 2.75) is 64.6 Å². The van der Waals surface area contributed by atoms with Crippen LogP contribution in [0.25, 0.3) is 0 Å². The van der Waals surface area contributed by atoms with E-state index in [1.165, 1.54) is 4.90 Å². The minimum absolute atomic E-state index is 0.0518. The lowest BCUT2D eigenvalue weighted by Gasteiger charge is -2.33. The Bertz CT molecular complexity index is 1340. The van der Waals surface area contributed by atoms with Crippen molar-refractivity contribution in [2.75, 3.05) is 10.8 Å². The highest BCUT2D eigenvalue weighted by Gasteiger charge is 2.33. The first-order valence-corrected chi connectivity index (χ1v) is 14.3. The quantitative estimate of drug-likeness (QED) is 0.381. The van der Waals surface area contributed by atoms with E-state index in [1.54, 1.807) is 56.3 Å². The van der Waals surface area contributed by atoms with Crippen LogP contribution in [-0.4, -0.2) is 43.8 Å². The van der Waals surface area contributed by atoms with Crippen LogP contribution >= 0.6 is 0 Å². The summed E-state index contributed by atoms with van der Waals surface area (Å²) < 4.78 is 28.9. The number of carbonyl (C=O) groups excluding carboxylic acids is 2. The molecule has 0 aliphatic rings. The summed E-state index contributed by atoms with van der Waals surface area (Å²) in [6, 6.07) is 22.1. The Morgan fingerprint density at radius 1 is 0.868 bits per heavy atom. The molecular weight excluding hydrogens is 498 g/mol. The van der Waals surface area contributed by atoms with Crippen molar-refractivity contribution in [3.05, 3.63) is 95.6 Å². The van der Waals surface area contributed by atoms with Gasteiger partial charge >= 0.3 is 0 Å². The smallest absolute Gasteiger partial charge is 0.264 e. The summed E-state index contributed by atoms with van der Waals surface area (Å²) in [5.41, 5.74) is 2.90. The maximum Gasteiger partial charge on any atom is 0.264 e. The van der Waals surface area contributed by atoms with E-state index in [0.717, 1.165) is 21.9 Å². The molecule has 7 nitrogen and oxygen atoms in total. The zero-order valence-corrected chi connectivity index (χ0v) is 23.5. The maximum absolute atomic E-state index is 13.9. The third-order valence-electron chi connectivity index (χ3n) is 6.64. The first kappa shape index (κ1) is 28.9. The lowest BCUT2D eigenvalue weighted by atomic mass is 10.1. The fourth-order valence-electron chi connectivity index (χ4n) is 4.02. The molecule has 0 radical (unpaired) electrons. The van der Waals surface area contributed by atoms with Crippen molar-refractivity contribution >= 4 is 27.5 Å². The zero-order valence-electron chi connectivity index (χ0n) is 22.7. The topological polar surface area (TPSA) is 86.8 Å². The van der Waals surface area contributed by atoms with Crippen LogP contribution in [-0.2, 0) is 26.2 Å². The van der Waals surface area contributed by atoms with Crippen molar-refractivity contribution in [3.63, 3.8) is 0 Å². The van der Waals surface area contributed by atoms with Gasteiger partial charge in [0, 0.05) is 12.6 Å². The van der Waals surface area contributed by atoms with Gasteiger partial charge in [-0.05, 0) is 63.4 Å². The molecule has 2 amide bonds.